The number of carbonyl (C=O) groups is 1. The second-order valence-electron chi connectivity index (χ2n) is 8.32. The molecule has 1 fully saturated rings. The standard InChI is InChI=1S/C25H29N3O5S/c29-25(26-30)12-7-20-5-9-23(10-6-20)34(31,32)28-17-13-21-19-22(8-11-24(21)28)33-18-4-16-27-14-2-1-3-15-27/h5-13,17,19,30H,1-4,14-16,18H2,(H,26,29)/b12-7+. The van der Waals surface area contributed by atoms with E-state index >= 15 is 0 Å². The van der Waals surface area contributed by atoms with Gasteiger partial charge in [-0.3, -0.25) is 10.0 Å². The third-order valence-electron chi connectivity index (χ3n) is 5.94. The van der Waals surface area contributed by atoms with E-state index in [0.29, 0.717) is 17.7 Å². The molecule has 0 spiro atoms. The minimum absolute atomic E-state index is 0.131. The highest BCUT2D eigenvalue weighted by Crippen LogP contribution is 2.26. The highest BCUT2D eigenvalue weighted by atomic mass is 32.2. The number of piperidine rings is 1. The maximum Gasteiger partial charge on any atom is 0.268 e. The molecule has 1 aliphatic rings. The van der Waals surface area contributed by atoms with Gasteiger partial charge in [-0.1, -0.05) is 18.6 Å². The molecule has 1 saturated heterocycles. The first-order chi connectivity index (χ1) is 16.5. The molecule has 8 nitrogen and oxygen atoms in total. The summed E-state index contributed by atoms with van der Waals surface area (Å²) in [5, 5.41) is 9.32. The molecular weight excluding hydrogens is 454 g/mol. The van der Waals surface area contributed by atoms with Crippen LogP contribution in [0.3, 0.4) is 0 Å². The number of nitrogens with zero attached hydrogens (tertiary/aromatic N) is 2. The Morgan fingerprint density at radius 1 is 1.06 bits per heavy atom. The number of fused-ring (bicyclic) bond motifs is 1. The van der Waals surface area contributed by atoms with Gasteiger partial charge in [0, 0.05) is 24.2 Å². The van der Waals surface area contributed by atoms with Crippen molar-refractivity contribution in [1.29, 1.82) is 0 Å². The molecule has 0 atom stereocenters. The molecule has 4 rings (SSSR count). The minimum atomic E-state index is -3.79. The predicted octanol–water partition coefficient (Wildman–Crippen LogP) is 3.65. The average molecular weight is 484 g/mol. The quantitative estimate of drug-likeness (QED) is 0.209. The van der Waals surface area contributed by atoms with Crippen molar-refractivity contribution in [2.75, 3.05) is 26.2 Å². The van der Waals surface area contributed by atoms with E-state index in [1.54, 1.807) is 36.5 Å². The van der Waals surface area contributed by atoms with Crippen molar-refractivity contribution in [1.82, 2.24) is 14.4 Å². The van der Waals surface area contributed by atoms with Crippen molar-refractivity contribution >= 4 is 32.9 Å². The molecule has 2 aromatic carbocycles. The summed E-state index contributed by atoms with van der Waals surface area (Å²) < 4.78 is 33.5. The fourth-order valence-electron chi connectivity index (χ4n) is 4.13. The number of nitrogens with one attached hydrogen (secondary N) is 1. The third kappa shape index (κ3) is 5.67. The normalized spacial score (nSPS) is 15.1. The Kier molecular flexibility index (Phi) is 7.66. The Balaban J connectivity index is 1.42. The first kappa shape index (κ1) is 24.0. The van der Waals surface area contributed by atoms with E-state index < -0.39 is 15.9 Å². The number of hydrogen-bond donors (Lipinski definition) is 2. The molecule has 0 bridgehead atoms. The van der Waals surface area contributed by atoms with Gasteiger partial charge in [0.2, 0.25) is 0 Å². The van der Waals surface area contributed by atoms with Crippen LogP contribution in [0.25, 0.3) is 17.0 Å². The van der Waals surface area contributed by atoms with Crippen LogP contribution >= 0.6 is 0 Å². The topological polar surface area (TPSA) is 101 Å². The zero-order valence-electron chi connectivity index (χ0n) is 18.9. The number of carbonyl (C=O) groups excluding carboxylic acids is 1. The molecule has 34 heavy (non-hydrogen) atoms. The van der Waals surface area contributed by atoms with Crippen LogP contribution in [0.4, 0.5) is 0 Å². The van der Waals surface area contributed by atoms with E-state index in [9.17, 15) is 13.2 Å². The number of hydroxylamine groups is 1. The summed E-state index contributed by atoms with van der Waals surface area (Å²) in [6.45, 7) is 4.02. The van der Waals surface area contributed by atoms with Crippen LogP contribution < -0.4 is 10.2 Å². The number of likely N-dealkylation sites (tertiary alicyclic amines) is 1. The van der Waals surface area contributed by atoms with Gasteiger partial charge >= 0.3 is 0 Å². The van der Waals surface area contributed by atoms with Crippen molar-refractivity contribution in [3.8, 4) is 5.75 Å². The summed E-state index contributed by atoms with van der Waals surface area (Å²) in [7, 11) is -3.79. The Morgan fingerprint density at radius 3 is 2.56 bits per heavy atom. The third-order valence-corrected chi connectivity index (χ3v) is 7.64. The van der Waals surface area contributed by atoms with E-state index in [1.807, 2.05) is 6.07 Å². The second kappa shape index (κ2) is 10.9. The molecule has 1 aliphatic heterocycles. The Labute approximate surface area is 199 Å². The molecule has 1 aromatic heterocycles. The molecule has 2 heterocycles. The molecule has 0 radical (unpaired) electrons. The van der Waals surface area contributed by atoms with Crippen molar-refractivity contribution < 1.29 is 23.2 Å². The van der Waals surface area contributed by atoms with Gasteiger partial charge in [-0.15, -0.1) is 0 Å². The van der Waals surface area contributed by atoms with Gasteiger partial charge in [-0.05, 0) is 80.4 Å². The van der Waals surface area contributed by atoms with Gasteiger partial charge in [-0.25, -0.2) is 17.9 Å². The van der Waals surface area contributed by atoms with Gasteiger partial charge in [0.25, 0.3) is 15.9 Å². The maximum absolute atomic E-state index is 13.2. The molecule has 2 N–H and O–H groups in total. The highest BCUT2D eigenvalue weighted by Gasteiger charge is 2.19. The minimum Gasteiger partial charge on any atom is -0.494 e. The van der Waals surface area contributed by atoms with Crippen LogP contribution in [0.5, 0.6) is 5.75 Å². The molecule has 0 unspecified atom stereocenters. The van der Waals surface area contributed by atoms with Gasteiger partial charge in [0.15, 0.2) is 0 Å². The monoisotopic (exact) mass is 483 g/mol. The highest BCUT2D eigenvalue weighted by molar-refractivity contribution is 7.90. The number of amides is 1. The summed E-state index contributed by atoms with van der Waals surface area (Å²) in [5.41, 5.74) is 2.70. The average Bonchev–Trinajstić information content (AvgIpc) is 3.30. The number of aromatic nitrogens is 1. The fraction of sp³-hybridized carbons (Fsp3) is 0.320. The second-order valence-corrected chi connectivity index (χ2v) is 10.1. The molecule has 1 amide bonds. The van der Waals surface area contributed by atoms with E-state index in [0.717, 1.165) is 30.2 Å². The van der Waals surface area contributed by atoms with Crippen LogP contribution in [-0.4, -0.2) is 54.6 Å². The van der Waals surface area contributed by atoms with E-state index in [-0.39, 0.29) is 4.90 Å². The molecule has 180 valence electrons. The van der Waals surface area contributed by atoms with Gasteiger partial charge in [0.1, 0.15) is 5.75 Å². The lowest BCUT2D eigenvalue weighted by Crippen LogP contribution is -2.31. The lowest BCUT2D eigenvalue weighted by molar-refractivity contribution is -0.124. The number of hydrogen-bond acceptors (Lipinski definition) is 6. The number of ether oxygens (including phenoxy) is 1. The van der Waals surface area contributed by atoms with E-state index in [1.165, 1.54) is 60.0 Å². The Bertz CT molecular complexity index is 1260. The molecule has 9 heteroatoms. The lowest BCUT2D eigenvalue weighted by Gasteiger charge is -2.26. The number of rotatable bonds is 9. The first-order valence-electron chi connectivity index (χ1n) is 11.4. The smallest absolute Gasteiger partial charge is 0.268 e. The zero-order chi connectivity index (χ0) is 24.0. The Hall–Kier alpha value is -3.14. The SMILES string of the molecule is O=C(/C=C/c1ccc(S(=O)(=O)n2ccc3cc(OCCCN4CCCCC4)ccc32)cc1)NO. The van der Waals surface area contributed by atoms with E-state index in [2.05, 4.69) is 4.90 Å². The van der Waals surface area contributed by atoms with Gasteiger partial charge in [-0.2, -0.15) is 0 Å². The summed E-state index contributed by atoms with van der Waals surface area (Å²) in [4.78, 5) is 13.7. The summed E-state index contributed by atoms with van der Waals surface area (Å²) >= 11 is 0. The van der Waals surface area contributed by atoms with Crippen molar-refractivity contribution in [2.45, 2.75) is 30.6 Å². The maximum atomic E-state index is 13.2. The predicted molar refractivity (Wildman–Crippen MR) is 130 cm³/mol. The molecule has 0 saturated carbocycles. The molecule has 0 aliphatic carbocycles. The van der Waals surface area contributed by atoms with Gasteiger partial charge in [0.05, 0.1) is 17.0 Å². The first-order valence-corrected chi connectivity index (χ1v) is 12.9. The fourth-order valence-corrected chi connectivity index (χ4v) is 5.48. The van der Waals surface area contributed by atoms with Crippen LogP contribution in [0.1, 0.15) is 31.2 Å². The summed E-state index contributed by atoms with van der Waals surface area (Å²) in [5.74, 6) is 0.0604. The molecule has 3 aromatic rings. The van der Waals surface area contributed by atoms with Crippen LogP contribution in [0, 0.1) is 0 Å². The largest absolute Gasteiger partial charge is 0.494 e. The zero-order valence-corrected chi connectivity index (χ0v) is 19.7. The lowest BCUT2D eigenvalue weighted by atomic mass is 10.1. The molecular formula is C25H29N3O5S. The van der Waals surface area contributed by atoms with Crippen LogP contribution in [-0.2, 0) is 14.8 Å². The van der Waals surface area contributed by atoms with Crippen molar-refractivity contribution in [3.05, 3.63) is 66.4 Å². The van der Waals surface area contributed by atoms with Crippen LogP contribution in [0.15, 0.2) is 65.7 Å². The summed E-state index contributed by atoms with van der Waals surface area (Å²) in [6.07, 6.45) is 9.01. The van der Waals surface area contributed by atoms with Gasteiger partial charge < -0.3 is 9.64 Å². The van der Waals surface area contributed by atoms with E-state index in [4.69, 9.17) is 9.94 Å². The Morgan fingerprint density at radius 2 is 1.82 bits per heavy atom. The van der Waals surface area contributed by atoms with Crippen molar-refractivity contribution in [2.24, 2.45) is 0 Å². The van der Waals surface area contributed by atoms with Crippen molar-refractivity contribution in [3.63, 3.8) is 0 Å². The van der Waals surface area contributed by atoms with Crippen LogP contribution in [0.2, 0.25) is 0 Å². The summed E-state index contributed by atoms with van der Waals surface area (Å²) in [6, 6.07) is 13.3. The number of benzene rings is 2.